The van der Waals surface area contributed by atoms with Gasteiger partial charge in [-0.2, -0.15) is 0 Å². The lowest BCUT2D eigenvalue weighted by molar-refractivity contribution is -0.136. The summed E-state index contributed by atoms with van der Waals surface area (Å²) in [5.74, 6) is -1.59. The molecule has 0 radical (unpaired) electrons. The SMILES string of the molecule is C=CC(=O)NC1(CC(=O)N2CCC(Oc3ccc(F)cc3F)CC2)CCC1. The van der Waals surface area contributed by atoms with Crippen molar-refractivity contribution in [2.45, 2.75) is 50.2 Å². The predicted octanol–water partition coefficient (Wildman–Crippen LogP) is 2.95. The highest BCUT2D eigenvalue weighted by molar-refractivity contribution is 5.88. The van der Waals surface area contributed by atoms with Crippen LogP contribution in [0.2, 0.25) is 0 Å². The first-order valence-electron chi connectivity index (χ1n) is 9.25. The lowest BCUT2D eigenvalue weighted by atomic mass is 9.74. The number of halogens is 2. The van der Waals surface area contributed by atoms with Crippen molar-refractivity contribution in [1.29, 1.82) is 0 Å². The van der Waals surface area contributed by atoms with Crippen LogP contribution in [0.4, 0.5) is 8.78 Å². The summed E-state index contributed by atoms with van der Waals surface area (Å²) in [6.45, 7) is 4.48. The summed E-state index contributed by atoms with van der Waals surface area (Å²) in [5, 5.41) is 2.90. The molecule has 1 heterocycles. The minimum atomic E-state index is -0.724. The van der Waals surface area contributed by atoms with Gasteiger partial charge in [-0.1, -0.05) is 6.58 Å². The molecule has 5 nitrogen and oxygen atoms in total. The highest BCUT2D eigenvalue weighted by atomic mass is 19.1. The summed E-state index contributed by atoms with van der Waals surface area (Å²) in [6.07, 6.45) is 5.02. The molecule has 1 N–H and O–H groups in total. The largest absolute Gasteiger partial charge is 0.487 e. The zero-order valence-electron chi connectivity index (χ0n) is 15.2. The van der Waals surface area contributed by atoms with E-state index < -0.39 is 17.2 Å². The van der Waals surface area contributed by atoms with Crippen LogP contribution in [-0.2, 0) is 9.59 Å². The van der Waals surface area contributed by atoms with E-state index >= 15 is 0 Å². The zero-order chi connectivity index (χ0) is 19.4. The van der Waals surface area contributed by atoms with Gasteiger partial charge in [-0.15, -0.1) is 0 Å². The normalized spacial score (nSPS) is 19.1. The topological polar surface area (TPSA) is 58.6 Å². The molecule has 0 aromatic heterocycles. The molecule has 2 aliphatic rings. The van der Waals surface area contributed by atoms with Crippen molar-refractivity contribution in [3.63, 3.8) is 0 Å². The second-order valence-corrected chi connectivity index (χ2v) is 7.28. The zero-order valence-corrected chi connectivity index (χ0v) is 15.2. The predicted molar refractivity (Wildman–Crippen MR) is 96.1 cm³/mol. The molecule has 0 spiro atoms. The molecule has 146 valence electrons. The fourth-order valence-electron chi connectivity index (χ4n) is 3.64. The van der Waals surface area contributed by atoms with Gasteiger partial charge in [-0.3, -0.25) is 9.59 Å². The van der Waals surface area contributed by atoms with E-state index in [9.17, 15) is 18.4 Å². The molecule has 0 bridgehead atoms. The summed E-state index contributed by atoms with van der Waals surface area (Å²) in [5.41, 5.74) is -0.451. The van der Waals surface area contributed by atoms with Gasteiger partial charge in [0, 0.05) is 44.0 Å². The average Bonchev–Trinajstić information content (AvgIpc) is 2.62. The Morgan fingerprint density at radius 3 is 2.56 bits per heavy atom. The Morgan fingerprint density at radius 1 is 1.30 bits per heavy atom. The van der Waals surface area contributed by atoms with Crippen molar-refractivity contribution in [3.8, 4) is 5.75 Å². The molecule has 2 fully saturated rings. The van der Waals surface area contributed by atoms with Crippen molar-refractivity contribution in [1.82, 2.24) is 10.2 Å². The van der Waals surface area contributed by atoms with Crippen LogP contribution in [0.3, 0.4) is 0 Å². The summed E-state index contributed by atoms with van der Waals surface area (Å²) in [6, 6.07) is 3.24. The van der Waals surface area contributed by atoms with Crippen molar-refractivity contribution in [3.05, 3.63) is 42.5 Å². The van der Waals surface area contributed by atoms with Crippen LogP contribution in [0.1, 0.15) is 38.5 Å². The number of amides is 2. The van der Waals surface area contributed by atoms with Gasteiger partial charge in [0.25, 0.3) is 0 Å². The molecule has 1 saturated heterocycles. The number of carbonyl (C=O) groups is 2. The van der Waals surface area contributed by atoms with E-state index in [1.54, 1.807) is 4.90 Å². The van der Waals surface area contributed by atoms with Gasteiger partial charge < -0.3 is 15.0 Å². The van der Waals surface area contributed by atoms with Gasteiger partial charge in [0.1, 0.15) is 11.9 Å². The first-order valence-corrected chi connectivity index (χ1v) is 9.25. The van der Waals surface area contributed by atoms with Crippen LogP contribution in [0.15, 0.2) is 30.9 Å². The maximum atomic E-state index is 13.7. The summed E-state index contributed by atoms with van der Waals surface area (Å²) < 4.78 is 32.3. The molecular weight excluding hydrogens is 354 g/mol. The number of hydrogen-bond acceptors (Lipinski definition) is 3. The second-order valence-electron chi connectivity index (χ2n) is 7.28. The molecule has 1 aromatic carbocycles. The Labute approximate surface area is 157 Å². The van der Waals surface area contributed by atoms with E-state index in [2.05, 4.69) is 11.9 Å². The first kappa shape index (κ1) is 19.3. The number of piperidine rings is 1. The fourth-order valence-corrected chi connectivity index (χ4v) is 3.64. The maximum Gasteiger partial charge on any atom is 0.243 e. The van der Waals surface area contributed by atoms with Crippen molar-refractivity contribution in [2.24, 2.45) is 0 Å². The molecule has 0 atom stereocenters. The fraction of sp³-hybridized carbons (Fsp3) is 0.500. The van der Waals surface area contributed by atoms with Gasteiger partial charge in [-0.25, -0.2) is 8.78 Å². The van der Waals surface area contributed by atoms with Gasteiger partial charge in [0.05, 0.1) is 0 Å². The Hall–Kier alpha value is -2.44. The minimum absolute atomic E-state index is 0.00507. The van der Waals surface area contributed by atoms with Gasteiger partial charge >= 0.3 is 0 Å². The van der Waals surface area contributed by atoms with Crippen LogP contribution in [-0.4, -0.2) is 41.4 Å². The molecular formula is C20H24F2N2O3. The van der Waals surface area contributed by atoms with E-state index in [4.69, 9.17) is 4.74 Å². The van der Waals surface area contributed by atoms with Crippen molar-refractivity contribution in [2.75, 3.05) is 13.1 Å². The molecule has 1 aliphatic heterocycles. The maximum absolute atomic E-state index is 13.7. The van der Waals surface area contributed by atoms with Crippen LogP contribution in [0.5, 0.6) is 5.75 Å². The molecule has 0 unspecified atom stereocenters. The molecule has 3 rings (SSSR count). The highest BCUT2D eigenvalue weighted by Gasteiger charge is 2.41. The molecule has 1 saturated carbocycles. The summed E-state index contributed by atoms with van der Waals surface area (Å²) in [4.78, 5) is 26.0. The third-order valence-corrected chi connectivity index (χ3v) is 5.36. The number of hydrogen-bond donors (Lipinski definition) is 1. The number of likely N-dealkylation sites (tertiary alicyclic amines) is 1. The number of ether oxygens (including phenoxy) is 1. The third kappa shape index (κ3) is 4.64. The van der Waals surface area contributed by atoms with E-state index in [1.807, 2.05) is 0 Å². The van der Waals surface area contributed by atoms with Crippen LogP contribution in [0.25, 0.3) is 0 Å². The van der Waals surface area contributed by atoms with Crippen LogP contribution < -0.4 is 10.1 Å². The molecule has 7 heteroatoms. The minimum Gasteiger partial charge on any atom is -0.487 e. The second kappa shape index (κ2) is 8.06. The van der Waals surface area contributed by atoms with Crippen molar-refractivity contribution >= 4 is 11.8 Å². The third-order valence-electron chi connectivity index (χ3n) is 5.36. The lowest BCUT2D eigenvalue weighted by Crippen LogP contribution is -2.56. The van der Waals surface area contributed by atoms with Crippen LogP contribution >= 0.6 is 0 Å². The average molecular weight is 378 g/mol. The van der Waals surface area contributed by atoms with Gasteiger partial charge in [0.15, 0.2) is 11.6 Å². The first-order chi connectivity index (χ1) is 12.9. The Kier molecular flexibility index (Phi) is 5.77. The summed E-state index contributed by atoms with van der Waals surface area (Å²) in [7, 11) is 0. The van der Waals surface area contributed by atoms with Gasteiger partial charge in [0.2, 0.25) is 11.8 Å². The number of nitrogens with one attached hydrogen (secondary N) is 1. The summed E-state index contributed by atoms with van der Waals surface area (Å²) >= 11 is 0. The standard InChI is InChI=1S/C20H24F2N2O3/c1-2-18(25)23-20(8-3-9-20)13-19(26)24-10-6-15(7-11-24)27-17-5-4-14(21)12-16(17)22/h2,4-5,12,15H,1,3,6-11,13H2,(H,23,25). The Bertz CT molecular complexity index is 726. The molecule has 27 heavy (non-hydrogen) atoms. The number of benzene rings is 1. The van der Waals surface area contributed by atoms with E-state index in [-0.39, 0.29) is 30.1 Å². The Balaban J connectivity index is 1.50. The molecule has 1 aliphatic carbocycles. The number of nitrogens with zero attached hydrogens (tertiary/aromatic N) is 1. The molecule has 1 aromatic rings. The quantitative estimate of drug-likeness (QED) is 0.775. The number of rotatable bonds is 6. The van der Waals surface area contributed by atoms with E-state index in [0.29, 0.717) is 25.9 Å². The van der Waals surface area contributed by atoms with E-state index in [0.717, 1.165) is 31.4 Å². The van der Waals surface area contributed by atoms with Gasteiger partial charge in [-0.05, 0) is 37.5 Å². The highest BCUT2D eigenvalue weighted by Crippen LogP contribution is 2.36. The Morgan fingerprint density at radius 2 is 2.00 bits per heavy atom. The van der Waals surface area contributed by atoms with E-state index in [1.165, 1.54) is 12.1 Å². The smallest absolute Gasteiger partial charge is 0.243 e. The number of carbonyl (C=O) groups excluding carboxylic acids is 2. The van der Waals surface area contributed by atoms with Crippen molar-refractivity contribution < 1.29 is 23.1 Å². The lowest BCUT2D eigenvalue weighted by Gasteiger charge is -2.43. The van der Waals surface area contributed by atoms with Crippen LogP contribution in [0, 0.1) is 11.6 Å². The monoisotopic (exact) mass is 378 g/mol. The molecule has 2 amide bonds.